The van der Waals surface area contributed by atoms with Crippen molar-refractivity contribution < 1.29 is 9.53 Å². The fourth-order valence-corrected chi connectivity index (χ4v) is 2.86. The average molecular weight is 327 g/mol. The van der Waals surface area contributed by atoms with Crippen molar-refractivity contribution in [3.05, 3.63) is 22.8 Å². The summed E-state index contributed by atoms with van der Waals surface area (Å²) in [6.45, 7) is 0. The molecule has 0 amide bonds. The number of halogens is 1. The molecule has 5 heteroatoms. The smallest absolute Gasteiger partial charge is 0.308 e. The van der Waals surface area contributed by atoms with E-state index >= 15 is 0 Å². The van der Waals surface area contributed by atoms with E-state index in [9.17, 15) is 4.79 Å². The van der Waals surface area contributed by atoms with Gasteiger partial charge in [-0.25, -0.2) is 4.98 Å². The summed E-state index contributed by atoms with van der Waals surface area (Å²) in [6, 6.07) is 4.46. The molecule has 4 nitrogen and oxygen atoms in total. The summed E-state index contributed by atoms with van der Waals surface area (Å²) < 4.78 is 5.80. The molecule has 0 radical (unpaired) electrons. The molecule has 1 aromatic heterocycles. The van der Waals surface area contributed by atoms with Gasteiger partial charge >= 0.3 is 5.97 Å². The number of nitrogens with zero attached hydrogens (tertiary/aromatic N) is 2. The highest BCUT2D eigenvalue weighted by Gasteiger charge is 2.29. The molecule has 1 fully saturated rings. The van der Waals surface area contributed by atoms with Crippen molar-refractivity contribution >= 4 is 27.7 Å². The third kappa shape index (κ3) is 3.47. The van der Waals surface area contributed by atoms with E-state index in [0.29, 0.717) is 6.04 Å². The SMILES string of the molecule is COC(=O)C1CCC(N(C)c2ccc(Br)cn2)CC1. The van der Waals surface area contributed by atoms with Crippen LogP contribution in [0.5, 0.6) is 0 Å². The normalized spacial score (nSPS) is 22.9. The zero-order chi connectivity index (χ0) is 13.8. The number of anilines is 1. The first kappa shape index (κ1) is 14.3. The van der Waals surface area contributed by atoms with E-state index in [0.717, 1.165) is 36.0 Å². The maximum absolute atomic E-state index is 11.5. The van der Waals surface area contributed by atoms with Crippen LogP contribution < -0.4 is 4.90 Å². The van der Waals surface area contributed by atoms with Gasteiger partial charge in [0.05, 0.1) is 13.0 Å². The lowest BCUT2D eigenvalue weighted by atomic mass is 9.85. The van der Waals surface area contributed by atoms with Crippen LogP contribution in [-0.2, 0) is 9.53 Å². The molecule has 0 bridgehead atoms. The minimum atomic E-state index is -0.0668. The number of ether oxygens (including phenoxy) is 1. The lowest BCUT2D eigenvalue weighted by Gasteiger charge is -2.34. The molecular weight excluding hydrogens is 308 g/mol. The standard InChI is InChI=1S/C14H19BrN2O2/c1-17(13-8-5-11(15)9-16-13)12-6-3-10(4-7-12)14(18)19-2/h5,8-10,12H,3-4,6-7H2,1-2H3. The van der Waals surface area contributed by atoms with Gasteiger partial charge in [0, 0.05) is 23.8 Å². The Kier molecular flexibility index (Phi) is 4.80. The number of aromatic nitrogens is 1. The highest BCUT2D eigenvalue weighted by atomic mass is 79.9. The van der Waals surface area contributed by atoms with Gasteiger partial charge in [-0.05, 0) is 53.7 Å². The first-order chi connectivity index (χ1) is 9.11. The molecule has 0 aromatic carbocycles. The molecule has 0 N–H and O–H groups in total. The van der Waals surface area contributed by atoms with Crippen molar-refractivity contribution in [2.75, 3.05) is 19.1 Å². The van der Waals surface area contributed by atoms with Gasteiger partial charge in [0.1, 0.15) is 5.82 Å². The van der Waals surface area contributed by atoms with Gasteiger partial charge in [-0.15, -0.1) is 0 Å². The average Bonchev–Trinajstić information content (AvgIpc) is 2.46. The van der Waals surface area contributed by atoms with Gasteiger partial charge in [0.2, 0.25) is 0 Å². The molecule has 104 valence electrons. The van der Waals surface area contributed by atoms with Crippen LogP contribution in [0.4, 0.5) is 5.82 Å². The Morgan fingerprint density at radius 3 is 2.58 bits per heavy atom. The summed E-state index contributed by atoms with van der Waals surface area (Å²) in [5.41, 5.74) is 0. The van der Waals surface area contributed by atoms with Crippen molar-refractivity contribution in [1.29, 1.82) is 0 Å². The number of rotatable bonds is 3. The molecule has 0 atom stereocenters. The monoisotopic (exact) mass is 326 g/mol. The Labute approximate surface area is 122 Å². The van der Waals surface area contributed by atoms with E-state index in [2.05, 4.69) is 32.9 Å². The van der Waals surface area contributed by atoms with Crippen molar-refractivity contribution in [1.82, 2.24) is 4.98 Å². The van der Waals surface area contributed by atoms with E-state index in [1.807, 2.05) is 18.3 Å². The van der Waals surface area contributed by atoms with E-state index < -0.39 is 0 Å². The minimum absolute atomic E-state index is 0.0668. The van der Waals surface area contributed by atoms with Crippen molar-refractivity contribution in [2.24, 2.45) is 5.92 Å². The number of hydrogen-bond donors (Lipinski definition) is 0. The molecule has 2 rings (SSSR count). The second-order valence-electron chi connectivity index (χ2n) is 4.97. The van der Waals surface area contributed by atoms with Crippen LogP contribution in [0.3, 0.4) is 0 Å². The highest BCUT2D eigenvalue weighted by Crippen LogP contribution is 2.29. The van der Waals surface area contributed by atoms with Gasteiger partial charge in [0.15, 0.2) is 0 Å². The quantitative estimate of drug-likeness (QED) is 0.801. The topological polar surface area (TPSA) is 42.4 Å². The molecule has 1 aromatic rings. The Bertz CT molecular complexity index is 428. The molecule has 0 aliphatic heterocycles. The van der Waals surface area contributed by atoms with Crippen LogP contribution in [0.15, 0.2) is 22.8 Å². The summed E-state index contributed by atoms with van der Waals surface area (Å²) in [7, 11) is 3.53. The first-order valence-electron chi connectivity index (χ1n) is 6.54. The summed E-state index contributed by atoms with van der Waals surface area (Å²) in [5, 5.41) is 0. The molecule has 0 saturated heterocycles. The number of carbonyl (C=O) groups excluding carboxylic acids is 1. The lowest BCUT2D eigenvalue weighted by Crippen LogP contribution is -2.37. The summed E-state index contributed by atoms with van der Waals surface area (Å²) in [6.07, 6.45) is 5.63. The van der Waals surface area contributed by atoms with Gasteiger partial charge in [-0.1, -0.05) is 0 Å². The van der Waals surface area contributed by atoms with Crippen LogP contribution in [-0.4, -0.2) is 31.2 Å². The van der Waals surface area contributed by atoms with Gasteiger partial charge in [-0.2, -0.15) is 0 Å². The summed E-state index contributed by atoms with van der Waals surface area (Å²) >= 11 is 3.39. The first-order valence-corrected chi connectivity index (χ1v) is 7.33. The largest absolute Gasteiger partial charge is 0.469 e. The molecular formula is C14H19BrN2O2. The Morgan fingerprint density at radius 2 is 2.05 bits per heavy atom. The number of pyridine rings is 1. The van der Waals surface area contributed by atoms with E-state index in [4.69, 9.17) is 4.74 Å². The lowest BCUT2D eigenvalue weighted by molar-refractivity contribution is -0.146. The summed E-state index contributed by atoms with van der Waals surface area (Å²) in [5.74, 6) is 0.986. The van der Waals surface area contributed by atoms with Gasteiger partial charge in [-0.3, -0.25) is 4.79 Å². The second-order valence-corrected chi connectivity index (χ2v) is 5.89. The van der Waals surface area contributed by atoms with Crippen LogP contribution in [0.2, 0.25) is 0 Å². The molecule has 1 aliphatic carbocycles. The van der Waals surface area contributed by atoms with Crippen molar-refractivity contribution in [3.8, 4) is 0 Å². The summed E-state index contributed by atoms with van der Waals surface area (Å²) in [4.78, 5) is 18.1. The Morgan fingerprint density at radius 1 is 1.37 bits per heavy atom. The van der Waals surface area contributed by atoms with Gasteiger partial charge < -0.3 is 9.64 Å². The number of methoxy groups -OCH3 is 1. The van der Waals surface area contributed by atoms with Crippen molar-refractivity contribution in [3.63, 3.8) is 0 Å². The zero-order valence-corrected chi connectivity index (χ0v) is 12.9. The fourth-order valence-electron chi connectivity index (χ4n) is 2.63. The third-order valence-electron chi connectivity index (χ3n) is 3.85. The predicted octanol–water partition coefficient (Wildman–Crippen LogP) is 3.01. The molecule has 1 aliphatic rings. The zero-order valence-electron chi connectivity index (χ0n) is 11.3. The van der Waals surface area contributed by atoms with Crippen LogP contribution in [0.1, 0.15) is 25.7 Å². The van der Waals surface area contributed by atoms with E-state index in [-0.39, 0.29) is 11.9 Å². The number of hydrogen-bond acceptors (Lipinski definition) is 4. The van der Waals surface area contributed by atoms with Crippen LogP contribution in [0.25, 0.3) is 0 Å². The molecule has 1 heterocycles. The predicted molar refractivity (Wildman–Crippen MR) is 78.1 cm³/mol. The van der Waals surface area contributed by atoms with Crippen LogP contribution in [0, 0.1) is 5.92 Å². The molecule has 0 unspecified atom stereocenters. The molecule has 19 heavy (non-hydrogen) atoms. The van der Waals surface area contributed by atoms with Crippen LogP contribution >= 0.6 is 15.9 Å². The van der Waals surface area contributed by atoms with Gasteiger partial charge in [0.25, 0.3) is 0 Å². The van der Waals surface area contributed by atoms with E-state index in [1.54, 1.807) is 0 Å². The van der Waals surface area contributed by atoms with E-state index in [1.165, 1.54) is 7.11 Å². The molecule has 0 spiro atoms. The Hall–Kier alpha value is -1.10. The third-order valence-corrected chi connectivity index (χ3v) is 4.32. The second kappa shape index (κ2) is 6.37. The number of carbonyl (C=O) groups is 1. The highest BCUT2D eigenvalue weighted by molar-refractivity contribution is 9.10. The number of esters is 1. The maximum atomic E-state index is 11.5. The maximum Gasteiger partial charge on any atom is 0.308 e. The minimum Gasteiger partial charge on any atom is -0.469 e. The fraction of sp³-hybridized carbons (Fsp3) is 0.571. The van der Waals surface area contributed by atoms with Crippen molar-refractivity contribution in [2.45, 2.75) is 31.7 Å². The molecule has 1 saturated carbocycles. The Balaban J connectivity index is 1.94.